The Morgan fingerprint density at radius 1 is 1.29 bits per heavy atom. The molecule has 5 N–H and O–H groups in total. The summed E-state index contributed by atoms with van der Waals surface area (Å²) in [7, 11) is 0. The SMILES string of the molecule is NC(CCC(=O)O)C(=O)OCCCON(O)O. The number of carboxylic acids is 1. The van der Waals surface area contributed by atoms with E-state index >= 15 is 0 Å². The van der Waals surface area contributed by atoms with Gasteiger partial charge in [-0.25, -0.2) is 0 Å². The number of hydrogen-bond acceptors (Lipinski definition) is 8. The van der Waals surface area contributed by atoms with Crippen LogP contribution in [0.25, 0.3) is 0 Å². The Morgan fingerprint density at radius 3 is 2.47 bits per heavy atom. The van der Waals surface area contributed by atoms with Gasteiger partial charge >= 0.3 is 11.9 Å². The molecule has 0 aliphatic carbocycles. The van der Waals surface area contributed by atoms with Gasteiger partial charge in [0.15, 0.2) is 0 Å². The lowest BCUT2D eigenvalue weighted by Crippen LogP contribution is -2.33. The zero-order chi connectivity index (χ0) is 13.3. The third-order valence-corrected chi connectivity index (χ3v) is 1.71. The fourth-order valence-electron chi connectivity index (χ4n) is 0.882. The maximum absolute atomic E-state index is 11.2. The summed E-state index contributed by atoms with van der Waals surface area (Å²) in [5.74, 6) is -1.73. The average molecular weight is 252 g/mol. The van der Waals surface area contributed by atoms with E-state index in [9.17, 15) is 9.59 Å². The molecule has 1 atom stereocenters. The lowest BCUT2D eigenvalue weighted by atomic mass is 10.2. The first-order valence-electron chi connectivity index (χ1n) is 4.88. The maximum atomic E-state index is 11.2. The highest BCUT2D eigenvalue weighted by atomic mass is 17.1. The van der Waals surface area contributed by atoms with Crippen molar-refractivity contribution >= 4 is 11.9 Å². The number of carbonyl (C=O) groups is 2. The van der Waals surface area contributed by atoms with E-state index in [-0.39, 0.29) is 32.5 Å². The number of esters is 1. The van der Waals surface area contributed by atoms with E-state index in [2.05, 4.69) is 4.84 Å². The van der Waals surface area contributed by atoms with Gasteiger partial charge in [0, 0.05) is 12.8 Å². The highest BCUT2D eigenvalue weighted by Crippen LogP contribution is 1.98. The smallest absolute Gasteiger partial charge is 0.322 e. The predicted molar refractivity (Wildman–Crippen MR) is 51.8 cm³/mol. The van der Waals surface area contributed by atoms with E-state index in [0.29, 0.717) is 0 Å². The van der Waals surface area contributed by atoms with E-state index in [0.717, 1.165) is 0 Å². The molecular weight excluding hydrogens is 236 g/mol. The fraction of sp³-hybridized carbons (Fsp3) is 0.750. The van der Waals surface area contributed by atoms with Crippen molar-refractivity contribution in [3.8, 4) is 0 Å². The molecule has 0 saturated carbocycles. The molecular formula is C8H16N2O7. The van der Waals surface area contributed by atoms with Crippen LogP contribution in [0.2, 0.25) is 0 Å². The van der Waals surface area contributed by atoms with Gasteiger partial charge in [-0.1, -0.05) is 0 Å². The van der Waals surface area contributed by atoms with Crippen LogP contribution in [0, 0.1) is 0 Å². The van der Waals surface area contributed by atoms with E-state index < -0.39 is 23.4 Å². The monoisotopic (exact) mass is 252 g/mol. The second-order valence-corrected chi connectivity index (χ2v) is 3.15. The largest absolute Gasteiger partial charge is 0.481 e. The van der Waals surface area contributed by atoms with Crippen molar-refractivity contribution in [2.24, 2.45) is 5.73 Å². The van der Waals surface area contributed by atoms with Gasteiger partial charge in [-0.15, -0.1) is 0 Å². The summed E-state index contributed by atoms with van der Waals surface area (Å²) in [4.78, 5) is 25.6. The van der Waals surface area contributed by atoms with Crippen molar-refractivity contribution in [2.75, 3.05) is 13.2 Å². The van der Waals surface area contributed by atoms with Crippen molar-refractivity contribution in [3.05, 3.63) is 0 Å². The molecule has 0 aliphatic heterocycles. The van der Waals surface area contributed by atoms with Crippen molar-refractivity contribution in [1.82, 2.24) is 5.39 Å². The van der Waals surface area contributed by atoms with E-state index in [1.54, 1.807) is 0 Å². The Hall–Kier alpha value is -1.26. The molecule has 0 aromatic heterocycles. The summed E-state index contributed by atoms with van der Waals surface area (Å²) in [6.07, 6.45) is 0.0457. The molecule has 0 aromatic rings. The fourth-order valence-corrected chi connectivity index (χ4v) is 0.882. The molecule has 0 radical (unpaired) electrons. The zero-order valence-corrected chi connectivity index (χ0v) is 9.11. The number of carbonyl (C=O) groups excluding carboxylic acids is 1. The van der Waals surface area contributed by atoms with Crippen LogP contribution >= 0.6 is 0 Å². The highest BCUT2D eigenvalue weighted by Gasteiger charge is 2.15. The summed E-state index contributed by atoms with van der Waals surface area (Å²) in [5, 5.41) is 24.2. The normalized spacial score (nSPS) is 12.5. The van der Waals surface area contributed by atoms with Crippen molar-refractivity contribution in [3.63, 3.8) is 0 Å². The number of hydrogen-bond donors (Lipinski definition) is 4. The van der Waals surface area contributed by atoms with Crippen LogP contribution in [0.3, 0.4) is 0 Å². The van der Waals surface area contributed by atoms with E-state index in [1.165, 1.54) is 0 Å². The lowest BCUT2D eigenvalue weighted by molar-refractivity contribution is -0.492. The van der Waals surface area contributed by atoms with Gasteiger partial charge in [0.25, 0.3) is 0 Å². The molecule has 0 aliphatic rings. The first kappa shape index (κ1) is 15.7. The Morgan fingerprint density at radius 2 is 1.94 bits per heavy atom. The Bertz CT molecular complexity index is 246. The minimum Gasteiger partial charge on any atom is -0.481 e. The third kappa shape index (κ3) is 9.66. The van der Waals surface area contributed by atoms with Crippen molar-refractivity contribution in [2.45, 2.75) is 25.3 Å². The second kappa shape index (κ2) is 8.84. The minimum absolute atomic E-state index is 0.00568. The van der Waals surface area contributed by atoms with Crippen LogP contribution in [-0.4, -0.2) is 52.1 Å². The van der Waals surface area contributed by atoms with Crippen molar-refractivity contribution < 1.29 is 34.7 Å². The molecule has 0 fully saturated rings. The number of rotatable bonds is 9. The second-order valence-electron chi connectivity index (χ2n) is 3.15. The zero-order valence-electron chi connectivity index (χ0n) is 9.11. The van der Waals surface area contributed by atoms with Gasteiger partial charge in [0.05, 0.1) is 18.6 Å². The van der Waals surface area contributed by atoms with Crippen LogP contribution in [0.1, 0.15) is 19.3 Å². The summed E-state index contributed by atoms with van der Waals surface area (Å²) < 4.78 is 4.70. The quantitative estimate of drug-likeness (QED) is 0.234. The highest BCUT2D eigenvalue weighted by molar-refractivity contribution is 5.76. The Kier molecular flexibility index (Phi) is 8.19. The Balaban J connectivity index is 3.53. The van der Waals surface area contributed by atoms with Gasteiger partial charge in [0.2, 0.25) is 0 Å². The van der Waals surface area contributed by atoms with Crippen LogP contribution in [-0.2, 0) is 19.2 Å². The molecule has 100 valence electrons. The van der Waals surface area contributed by atoms with E-state index in [1.807, 2.05) is 0 Å². The number of nitrogens with zero attached hydrogens (tertiary/aromatic N) is 1. The van der Waals surface area contributed by atoms with Crippen LogP contribution in [0.5, 0.6) is 0 Å². The molecule has 0 heterocycles. The van der Waals surface area contributed by atoms with Crippen LogP contribution < -0.4 is 5.73 Å². The topological polar surface area (TPSA) is 143 Å². The van der Waals surface area contributed by atoms with E-state index in [4.69, 9.17) is 26.0 Å². The predicted octanol–water partition coefficient (Wildman–Crippen LogP) is -0.876. The number of ether oxygens (including phenoxy) is 1. The number of nitrogens with two attached hydrogens (primary N) is 1. The average Bonchev–Trinajstić information content (AvgIpc) is 2.24. The number of carboxylic acid groups (broad SMARTS) is 1. The molecule has 9 heteroatoms. The molecule has 0 bridgehead atoms. The molecule has 0 saturated heterocycles. The maximum Gasteiger partial charge on any atom is 0.322 e. The molecule has 0 amide bonds. The summed E-state index contributed by atoms with van der Waals surface area (Å²) in [6.45, 7) is -0.0575. The molecule has 0 spiro atoms. The number of aliphatic carboxylic acids is 1. The van der Waals surface area contributed by atoms with Gasteiger partial charge in [-0.05, 0) is 6.42 Å². The molecule has 1 unspecified atom stereocenters. The molecule has 0 rings (SSSR count). The van der Waals surface area contributed by atoms with Gasteiger partial charge in [0.1, 0.15) is 6.04 Å². The summed E-state index contributed by atoms with van der Waals surface area (Å²) >= 11 is 0. The van der Waals surface area contributed by atoms with Crippen molar-refractivity contribution in [1.29, 1.82) is 0 Å². The third-order valence-electron chi connectivity index (χ3n) is 1.71. The molecule has 17 heavy (non-hydrogen) atoms. The standard InChI is InChI=1S/C8H16N2O7/c9-6(2-3-7(11)12)8(13)16-4-1-5-17-10(14)15/h6,14-15H,1-5,9H2,(H,11,12). The Labute approximate surface area is 97.2 Å². The van der Waals surface area contributed by atoms with Gasteiger partial charge < -0.3 is 15.6 Å². The molecule has 9 nitrogen and oxygen atoms in total. The first-order valence-corrected chi connectivity index (χ1v) is 4.88. The first-order chi connectivity index (χ1) is 7.93. The molecule has 0 aromatic carbocycles. The summed E-state index contributed by atoms with van der Waals surface area (Å²) in [5.41, 5.74) is 5.37. The van der Waals surface area contributed by atoms with Crippen LogP contribution in [0.4, 0.5) is 0 Å². The summed E-state index contributed by atoms with van der Waals surface area (Å²) in [6, 6.07) is -0.973. The van der Waals surface area contributed by atoms with Crippen LogP contribution in [0.15, 0.2) is 0 Å². The lowest BCUT2D eigenvalue weighted by Gasteiger charge is -2.10. The minimum atomic E-state index is -1.03. The van der Waals surface area contributed by atoms with Gasteiger partial charge in [-0.2, -0.15) is 0 Å². The van der Waals surface area contributed by atoms with Gasteiger partial charge in [-0.3, -0.25) is 24.8 Å².